The van der Waals surface area contributed by atoms with Crippen molar-refractivity contribution in [2.45, 2.75) is 142 Å². The largest absolute Gasteiger partial charge is 0.309 e. The molecular weight excluding hydrogens is 462 g/mol. The third-order valence-corrected chi connectivity index (χ3v) is 6.91. The minimum atomic E-state index is 0.931. The Kier molecular flexibility index (Phi) is 30.3. The van der Waals surface area contributed by atoms with Crippen LogP contribution in [0.5, 0.6) is 0 Å². The molecule has 1 N–H and O–H groups in total. The van der Waals surface area contributed by atoms with Gasteiger partial charge in [0.2, 0.25) is 0 Å². The predicted octanol–water partition coefficient (Wildman–Crippen LogP) is 10.6. The lowest BCUT2D eigenvalue weighted by Gasteiger charge is -2.11. The van der Waals surface area contributed by atoms with Crippen LogP contribution in [-0.4, -0.2) is 37.8 Å². The quantitative estimate of drug-likeness (QED) is 0.0344. The van der Waals surface area contributed by atoms with Crippen molar-refractivity contribution in [3.63, 3.8) is 0 Å². The normalized spacial score (nSPS) is 12.6. The minimum Gasteiger partial charge on any atom is -0.309 e. The highest BCUT2D eigenvalue weighted by Gasteiger charge is 2.02. The maximum Gasteiger partial charge on any atom is 0.0456 e. The number of hydrazone groups is 1. The van der Waals surface area contributed by atoms with Crippen molar-refractivity contribution in [2.75, 3.05) is 27.2 Å². The molecule has 38 heavy (non-hydrogen) atoms. The lowest BCUT2D eigenvalue weighted by molar-refractivity contribution is 0.402. The van der Waals surface area contributed by atoms with Gasteiger partial charge in [0.1, 0.15) is 0 Å². The molecule has 0 bridgehead atoms. The van der Waals surface area contributed by atoms with Crippen LogP contribution in [0.1, 0.15) is 142 Å². The van der Waals surface area contributed by atoms with Crippen molar-refractivity contribution in [2.24, 2.45) is 5.10 Å². The first-order valence-electron chi connectivity index (χ1n) is 16.2. The molecule has 0 aliphatic heterocycles. The molecule has 0 aliphatic rings. The number of likely N-dealkylation sites (N-methyl/N-ethyl adjacent to an activating group) is 1. The maximum atomic E-state index is 4.79. The summed E-state index contributed by atoms with van der Waals surface area (Å²) in [5.41, 5.74) is 4.72. The van der Waals surface area contributed by atoms with Crippen molar-refractivity contribution in [3.8, 4) is 0 Å². The van der Waals surface area contributed by atoms with Gasteiger partial charge in [-0.05, 0) is 84.7 Å². The number of nitrogens with zero attached hydrogens (tertiary/aromatic N) is 2. The Morgan fingerprint density at radius 2 is 1.16 bits per heavy atom. The van der Waals surface area contributed by atoms with E-state index < -0.39 is 0 Å². The van der Waals surface area contributed by atoms with E-state index in [0.717, 1.165) is 19.5 Å². The zero-order valence-electron chi connectivity index (χ0n) is 25.9. The number of hydrogen-bond donors (Lipinski definition) is 1. The average molecular weight is 528 g/mol. The molecule has 0 atom stereocenters. The van der Waals surface area contributed by atoms with E-state index >= 15 is 0 Å². The summed E-state index contributed by atoms with van der Waals surface area (Å²) in [4.78, 5) is 2.21. The van der Waals surface area contributed by atoms with Gasteiger partial charge in [-0.2, -0.15) is 5.10 Å². The molecule has 0 saturated heterocycles. The van der Waals surface area contributed by atoms with Crippen molar-refractivity contribution >= 4 is 5.71 Å². The first kappa shape index (κ1) is 36.4. The fourth-order valence-corrected chi connectivity index (χ4v) is 4.45. The van der Waals surface area contributed by atoms with E-state index in [2.05, 4.69) is 74.4 Å². The Labute approximate surface area is 239 Å². The number of rotatable bonds is 29. The van der Waals surface area contributed by atoms with Crippen molar-refractivity contribution < 1.29 is 0 Å². The molecule has 0 spiro atoms. The standard InChI is InChI=1S/C35H65N3/c1-5-7-9-11-13-15-17-18-19-20-22-24-26-28-30-32-35(37-36-33-34-38(3)4)31-29-27-25-23-21-16-14-12-10-8-6-2/h6,10,12-13,15,17-18,36H,2,5,7-9,11,14,16,19-34H2,1,3-4H3/b12-10-,15-13+,18-17-,37-35-. The van der Waals surface area contributed by atoms with E-state index in [1.807, 2.05) is 6.08 Å². The summed E-state index contributed by atoms with van der Waals surface area (Å²) < 4.78 is 0. The number of unbranched alkanes of at least 4 members (excludes halogenated alkanes) is 15. The van der Waals surface area contributed by atoms with Crippen molar-refractivity contribution in [1.29, 1.82) is 0 Å². The van der Waals surface area contributed by atoms with Crippen LogP contribution in [0.4, 0.5) is 0 Å². The zero-order valence-corrected chi connectivity index (χ0v) is 25.9. The van der Waals surface area contributed by atoms with E-state index in [4.69, 9.17) is 5.10 Å². The smallest absolute Gasteiger partial charge is 0.0456 e. The highest BCUT2D eigenvalue weighted by atomic mass is 15.3. The maximum absolute atomic E-state index is 4.79. The highest BCUT2D eigenvalue weighted by Crippen LogP contribution is 2.13. The van der Waals surface area contributed by atoms with E-state index in [0.29, 0.717) is 0 Å². The average Bonchev–Trinajstić information content (AvgIpc) is 2.91. The van der Waals surface area contributed by atoms with Crippen LogP contribution in [0.25, 0.3) is 0 Å². The van der Waals surface area contributed by atoms with Gasteiger partial charge in [0.05, 0.1) is 0 Å². The van der Waals surface area contributed by atoms with E-state index in [1.165, 1.54) is 134 Å². The van der Waals surface area contributed by atoms with Gasteiger partial charge in [-0.15, -0.1) is 6.58 Å². The van der Waals surface area contributed by atoms with Gasteiger partial charge in [-0.3, -0.25) is 0 Å². The summed E-state index contributed by atoms with van der Waals surface area (Å²) >= 11 is 0. The molecule has 3 nitrogen and oxygen atoms in total. The number of hydrogen-bond acceptors (Lipinski definition) is 3. The first-order valence-corrected chi connectivity index (χ1v) is 16.2. The summed E-state index contributed by atoms with van der Waals surface area (Å²) in [5.74, 6) is 0. The molecule has 0 aliphatic carbocycles. The molecule has 0 heterocycles. The SMILES string of the molecule is C=CC/C=C\CCCCCCCC/C(CCCCCCCC/C=C\C=C\CCCCC)=N/NCCN(C)C. The summed E-state index contributed by atoms with van der Waals surface area (Å²) in [5, 5.41) is 4.79. The van der Waals surface area contributed by atoms with Crippen LogP contribution in [0.2, 0.25) is 0 Å². The van der Waals surface area contributed by atoms with Gasteiger partial charge in [-0.1, -0.05) is 114 Å². The Morgan fingerprint density at radius 1 is 0.658 bits per heavy atom. The molecule has 0 aromatic rings. The van der Waals surface area contributed by atoms with Gasteiger partial charge in [0, 0.05) is 18.8 Å². The molecule has 0 unspecified atom stereocenters. The third kappa shape index (κ3) is 30.6. The Hall–Kier alpha value is -1.61. The van der Waals surface area contributed by atoms with E-state index in [9.17, 15) is 0 Å². The van der Waals surface area contributed by atoms with Crippen LogP contribution >= 0.6 is 0 Å². The van der Waals surface area contributed by atoms with Crippen molar-refractivity contribution in [3.05, 3.63) is 49.1 Å². The first-order chi connectivity index (χ1) is 18.7. The number of allylic oxidation sites excluding steroid dienone is 7. The van der Waals surface area contributed by atoms with Gasteiger partial charge in [0.25, 0.3) is 0 Å². The fourth-order valence-electron chi connectivity index (χ4n) is 4.45. The zero-order chi connectivity index (χ0) is 27.8. The second-order valence-electron chi connectivity index (χ2n) is 11.1. The summed E-state index contributed by atoms with van der Waals surface area (Å²) in [6.07, 6.45) is 42.7. The highest BCUT2D eigenvalue weighted by molar-refractivity contribution is 5.84. The second kappa shape index (κ2) is 31.6. The Morgan fingerprint density at radius 3 is 1.68 bits per heavy atom. The molecule has 3 heteroatoms. The van der Waals surface area contributed by atoms with Crippen LogP contribution in [0.15, 0.2) is 54.2 Å². The van der Waals surface area contributed by atoms with E-state index in [1.54, 1.807) is 0 Å². The van der Waals surface area contributed by atoms with Crippen LogP contribution in [-0.2, 0) is 0 Å². The Balaban J connectivity index is 3.90. The molecule has 0 fully saturated rings. The molecule has 0 aromatic heterocycles. The van der Waals surface area contributed by atoms with Crippen LogP contribution in [0, 0.1) is 0 Å². The van der Waals surface area contributed by atoms with Gasteiger partial charge >= 0.3 is 0 Å². The van der Waals surface area contributed by atoms with Gasteiger partial charge < -0.3 is 10.3 Å². The summed E-state index contributed by atoms with van der Waals surface area (Å²) in [7, 11) is 4.24. The molecule has 0 amide bonds. The third-order valence-electron chi connectivity index (χ3n) is 6.91. The predicted molar refractivity (Wildman–Crippen MR) is 174 cm³/mol. The molecule has 220 valence electrons. The van der Waals surface area contributed by atoms with Crippen LogP contribution in [0.3, 0.4) is 0 Å². The summed E-state index contributed by atoms with van der Waals surface area (Å²) in [6, 6.07) is 0. The van der Waals surface area contributed by atoms with Gasteiger partial charge in [0.15, 0.2) is 0 Å². The van der Waals surface area contributed by atoms with E-state index in [-0.39, 0.29) is 0 Å². The Bertz CT molecular complexity index is 600. The fraction of sp³-hybridized carbons (Fsp3) is 0.743. The summed E-state index contributed by atoms with van der Waals surface area (Å²) in [6.45, 7) is 7.98. The van der Waals surface area contributed by atoms with Gasteiger partial charge in [-0.25, -0.2) is 0 Å². The molecular formula is C35H65N3. The molecule has 0 rings (SSSR count). The molecule has 0 saturated carbocycles. The second-order valence-corrected chi connectivity index (χ2v) is 11.1. The lowest BCUT2D eigenvalue weighted by atomic mass is 10.0. The molecule has 0 aromatic carbocycles. The lowest BCUT2D eigenvalue weighted by Crippen LogP contribution is -2.24. The van der Waals surface area contributed by atoms with Crippen molar-refractivity contribution in [1.82, 2.24) is 10.3 Å². The number of nitrogens with one attached hydrogen (secondary N) is 1. The minimum absolute atomic E-state index is 0.931. The van der Waals surface area contributed by atoms with Crippen LogP contribution < -0.4 is 5.43 Å². The topological polar surface area (TPSA) is 27.6 Å². The molecule has 0 radical (unpaired) electrons. The monoisotopic (exact) mass is 528 g/mol.